The predicted molar refractivity (Wildman–Crippen MR) is 284 cm³/mol. The first-order valence-electron chi connectivity index (χ1n) is 25.6. The van der Waals surface area contributed by atoms with Gasteiger partial charge in [0, 0.05) is 66.9 Å². The number of hydrogen-bond donors (Lipinski definition) is 1. The Kier molecular flexibility index (Phi) is 36.7. The largest absolute Gasteiger partial charge is 1.00 e. The summed E-state index contributed by atoms with van der Waals surface area (Å²) in [5, 5.41) is 3.45. The third-order valence-corrected chi connectivity index (χ3v) is 11.6. The van der Waals surface area contributed by atoms with Gasteiger partial charge in [0.1, 0.15) is 11.6 Å². The fraction of sp³-hybridized carbons (Fsp3) is 0.611. The summed E-state index contributed by atoms with van der Waals surface area (Å²) < 4.78 is 14.4. The second kappa shape index (κ2) is 39.9. The first kappa shape index (κ1) is 64.4. The molecule has 0 fully saturated rings. The van der Waals surface area contributed by atoms with Crippen molar-refractivity contribution < 1.29 is 50.0 Å². The maximum atomic E-state index is 12.2. The van der Waals surface area contributed by atoms with E-state index < -0.39 is 0 Å². The molecule has 2 aromatic carbocycles. The molecular weight excluding hydrogens is 886 g/mol. The normalized spacial score (nSPS) is 11.3. The zero-order valence-electron chi connectivity index (χ0n) is 45.9. The summed E-state index contributed by atoms with van der Waals surface area (Å²) in [5.41, 5.74) is 4.80. The fourth-order valence-corrected chi connectivity index (χ4v) is 8.13. The molecule has 0 spiro atoms. The van der Waals surface area contributed by atoms with E-state index in [1.165, 1.54) is 68.6 Å². The molecule has 0 aliphatic heterocycles. The van der Waals surface area contributed by atoms with E-state index in [2.05, 4.69) is 116 Å². The van der Waals surface area contributed by atoms with Crippen molar-refractivity contribution in [2.24, 2.45) is 19.1 Å². The average Bonchev–Trinajstić information content (AvgIpc) is 3.94. The zero-order chi connectivity index (χ0) is 49.2. The Bertz CT molecular complexity index is 1940. The summed E-state index contributed by atoms with van der Waals surface area (Å²) in [6.07, 6.45) is 18.5. The van der Waals surface area contributed by atoms with Crippen molar-refractivity contribution in [3.05, 3.63) is 107 Å². The van der Waals surface area contributed by atoms with Gasteiger partial charge in [0.25, 0.3) is 0 Å². The molecule has 3 radical (unpaired) electrons. The van der Waals surface area contributed by atoms with Gasteiger partial charge in [0.15, 0.2) is 0 Å². The number of nitrogens with one attached hydrogen (secondary N) is 1. The Balaban J connectivity index is 0.00000132. The van der Waals surface area contributed by atoms with Crippen molar-refractivity contribution in [1.29, 1.82) is 0 Å². The van der Waals surface area contributed by atoms with Gasteiger partial charge < -0.3 is 35.2 Å². The number of benzene rings is 2. The minimum atomic E-state index is -0.152. The van der Waals surface area contributed by atoms with Crippen LogP contribution in [0.4, 0.5) is 0 Å². The van der Waals surface area contributed by atoms with Gasteiger partial charge in [-0.25, -0.2) is 9.97 Å². The molecule has 14 nitrogen and oxygen atoms in total. The Morgan fingerprint density at radius 1 is 0.586 bits per heavy atom. The Hall–Kier alpha value is -3.67. The van der Waals surface area contributed by atoms with E-state index in [1.807, 2.05) is 55.7 Å². The molecule has 0 amide bonds. The number of hydrogen-bond acceptors (Lipinski definition) is 12. The number of esters is 2. The van der Waals surface area contributed by atoms with Gasteiger partial charge in [0.2, 0.25) is 0 Å². The number of aromatic nitrogens is 4. The van der Waals surface area contributed by atoms with Crippen LogP contribution >= 0.6 is 0 Å². The van der Waals surface area contributed by atoms with E-state index in [1.54, 1.807) is 12.4 Å². The minimum Gasteiger partial charge on any atom is -1.00 e. The van der Waals surface area contributed by atoms with Gasteiger partial charge in [-0.1, -0.05) is 76.2 Å². The Labute approximate surface area is 448 Å². The van der Waals surface area contributed by atoms with Crippen LogP contribution in [0.3, 0.4) is 0 Å². The molecule has 4 rings (SSSR count). The third kappa shape index (κ3) is 27.8. The van der Waals surface area contributed by atoms with Crippen LogP contribution in [0.25, 0.3) is 0 Å². The van der Waals surface area contributed by atoms with Gasteiger partial charge in [-0.2, -0.15) is 0 Å². The standard InChI is InChI=1S/C27H45N5O2.C27H43N5O2.B.Na.H/c2*1-5-15-31(16-6-2)17-8-9-18-32(23-27(33)34-7-3)22-25-12-10-24(11-13-25)20-28-21-26-29-14-19-30(26)4;;;/h10-14,19,28H,5-9,15-18,20-23H2,1-4H3;10-14,19,21H,5-9,15-18,20,22-23H2,1-4H3;;;/q;;;+1;-1. The number of nitrogens with zero attached hydrogens (tertiary/aromatic N) is 9. The molecule has 4 aromatic rings. The van der Waals surface area contributed by atoms with E-state index in [0.717, 1.165) is 95.3 Å². The number of ether oxygens (including phenoxy) is 2. The molecule has 0 unspecified atom stereocenters. The SMILES string of the molecule is CCCN(CCC)CCCCN(CC(=O)OCC)Cc1ccc(CN=Cc2nccn2C)cc1.CCCN(CCC)CCCCN(CC(=O)OCC)Cc1ccc(CNCc2nccn2C)cc1.[B].[H-].[Na+]. The number of carbonyl (C=O) groups excluding carboxylic acids is 2. The molecule has 383 valence electrons. The van der Waals surface area contributed by atoms with Gasteiger partial charge in [-0.05, 0) is 140 Å². The van der Waals surface area contributed by atoms with Crippen LogP contribution < -0.4 is 34.9 Å². The fourth-order valence-electron chi connectivity index (χ4n) is 8.13. The van der Waals surface area contributed by atoms with Crippen molar-refractivity contribution in [3.63, 3.8) is 0 Å². The maximum absolute atomic E-state index is 12.2. The summed E-state index contributed by atoms with van der Waals surface area (Å²) in [6.45, 7) is 26.6. The van der Waals surface area contributed by atoms with Crippen molar-refractivity contribution in [2.75, 3.05) is 78.7 Å². The first-order chi connectivity index (χ1) is 33.1. The molecule has 0 saturated carbocycles. The zero-order valence-corrected chi connectivity index (χ0v) is 46.9. The van der Waals surface area contributed by atoms with Gasteiger partial charge in [0.05, 0.1) is 45.6 Å². The maximum Gasteiger partial charge on any atom is 1.00 e. The first-order valence-corrected chi connectivity index (χ1v) is 25.6. The van der Waals surface area contributed by atoms with Gasteiger partial charge >= 0.3 is 41.5 Å². The molecule has 70 heavy (non-hydrogen) atoms. The van der Waals surface area contributed by atoms with E-state index in [9.17, 15) is 9.59 Å². The van der Waals surface area contributed by atoms with Crippen molar-refractivity contribution in [2.45, 2.75) is 126 Å². The molecule has 0 aliphatic rings. The minimum absolute atomic E-state index is 0. The number of unbranched alkanes of at least 4 members (excludes halogenated alkanes) is 2. The summed E-state index contributed by atoms with van der Waals surface area (Å²) >= 11 is 0. The third-order valence-electron chi connectivity index (χ3n) is 11.6. The second-order valence-corrected chi connectivity index (χ2v) is 17.7. The average molecular weight is 976 g/mol. The molecule has 0 aliphatic carbocycles. The molecule has 2 aromatic heterocycles. The quantitative estimate of drug-likeness (QED) is 0.0290. The van der Waals surface area contributed by atoms with E-state index >= 15 is 0 Å². The summed E-state index contributed by atoms with van der Waals surface area (Å²) in [4.78, 5) is 46.9. The van der Waals surface area contributed by atoms with E-state index in [4.69, 9.17) is 9.47 Å². The second-order valence-electron chi connectivity index (χ2n) is 17.7. The topological polar surface area (TPSA) is 126 Å². The van der Waals surface area contributed by atoms with Crippen molar-refractivity contribution in [3.8, 4) is 0 Å². The Morgan fingerprint density at radius 3 is 1.40 bits per heavy atom. The van der Waals surface area contributed by atoms with Crippen LogP contribution in [-0.2, 0) is 65.9 Å². The van der Waals surface area contributed by atoms with Crippen molar-refractivity contribution >= 4 is 26.6 Å². The smallest absolute Gasteiger partial charge is 1.00 e. The van der Waals surface area contributed by atoms with Crippen LogP contribution in [0.5, 0.6) is 0 Å². The summed E-state index contributed by atoms with van der Waals surface area (Å²) in [5.74, 6) is 1.58. The van der Waals surface area contributed by atoms with Crippen LogP contribution in [0.1, 0.15) is 128 Å². The molecule has 16 heteroatoms. The van der Waals surface area contributed by atoms with Gasteiger partial charge in [-0.15, -0.1) is 0 Å². The predicted octanol–water partition coefficient (Wildman–Crippen LogP) is 5.02. The molecule has 0 atom stereocenters. The number of rotatable bonds is 35. The summed E-state index contributed by atoms with van der Waals surface area (Å²) in [7, 11) is 3.96. The Morgan fingerprint density at radius 2 is 1.00 bits per heavy atom. The molecule has 0 bridgehead atoms. The van der Waals surface area contributed by atoms with E-state index in [-0.39, 0.29) is 51.3 Å². The number of aliphatic imine (C=N–C) groups is 1. The molecule has 1 N–H and O–H groups in total. The molecule has 2 heterocycles. The molecular formula is C54H89BN10NaO4. The van der Waals surface area contributed by atoms with Crippen LogP contribution in [0.15, 0.2) is 78.3 Å². The van der Waals surface area contributed by atoms with Crippen molar-refractivity contribution in [1.82, 2.24) is 44.0 Å². The van der Waals surface area contributed by atoms with E-state index in [0.29, 0.717) is 32.8 Å². The molecule has 0 saturated heterocycles. The van der Waals surface area contributed by atoms with Crippen LogP contribution in [0, 0.1) is 0 Å². The van der Waals surface area contributed by atoms with Gasteiger partial charge in [-0.3, -0.25) is 24.4 Å². The van der Waals surface area contributed by atoms with Crippen LogP contribution in [-0.4, -0.2) is 144 Å². The summed E-state index contributed by atoms with van der Waals surface area (Å²) in [6, 6.07) is 17.2. The van der Waals surface area contributed by atoms with Crippen LogP contribution in [0.2, 0.25) is 0 Å². The number of carbonyl (C=O) groups is 2. The number of imidazole rings is 2. The number of aryl methyl sites for hydroxylation is 2. The monoisotopic (exact) mass is 976 g/mol.